The van der Waals surface area contributed by atoms with Gasteiger partial charge in [-0.3, -0.25) is 0 Å². The van der Waals surface area contributed by atoms with E-state index >= 15 is 0 Å². The monoisotopic (exact) mass is 269 g/mol. The molecule has 0 saturated heterocycles. The van der Waals surface area contributed by atoms with Crippen LogP contribution in [0.25, 0.3) is 0 Å². The Kier molecular flexibility index (Phi) is 6.89. The van der Waals surface area contributed by atoms with Gasteiger partial charge in [-0.15, -0.1) is 0 Å². The van der Waals surface area contributed by atoms with Crippen molar-refractivity contribution >= 4 is 5.97 Å². The number of para-hydroxylation sites is 1. The van der Waals surface area contributed by atoms with Gasteiger partial charge >= 0.3 is 5.97 Å². The number of ether oxygens (including phenoxy) is 2. The van der Waals surface area contributed by atoms with E-state index in [1.165, 1.54) is 6.07 Å². The SMILES string of the molecule is CCCNCc1cccc(F)c1OCC(=O)OCC. The van der Waals surface area contributed by atoms with Crippen molar-refractivity contribution in [3.8, 4) is 5.75 Å². The summed E-state index contributed by atoms with van der Waals surface area (Å²) in [6, 6.07) is 4.70. The second kappa shape index (κ2) is 8.48. The standard InChI is InChI=1S/C14H20FNO3/c1-3-8-16-9-11-6-5-7-12(15)14(11)19-10-13(17)18-4-2/h5-7,16H,3-4,8-10H2,1-2H3. The maximum absolute atomic E-state index is 13.7. The van der Waals surface area contributed by atoms with E-state index < -0.39 is 11.8 Å². The average molecular weight is 269 g/mol. The first-order chi connectivity index (χ1) is 9.19. The van der Waals surface area contributed by atoms with E-state index in [2.05, 4.69) is 12.2 Å². The Morgan fingerprint density at radius 3 is 2.84 bits per heavy atom. The summed E-state index contributed by atoms with van der Waals surface area (Å²) >= 11 is 0. The van der Waals surface area contributed by atoms with Gasteiger partial charge in [-0.05, 0) is 26.0 Å². The van der Waals surface area contributed by atoms with Crippen LogP contribution in [0.3, 0.4) is 0 Å². The van der Waals surface area contributed by atoms with Crippen LogP contribution in [-0.2, 0) is 16.1 Å². The van der Waals surface area contributed by atoms with Crippen LogP contribution in [-0.4, -0.2) is 25.7 Å². The van der Waals surface area contributed by atoms with E-state index in [9.17, 15) is 9.18 Å². The van der Waals surface area contributed by atoms with Crippen molar-refractivity contribution in [2.45, 2.75) is 26.8 Å². The molecule has 0 amide bonds. The summed E-state index contributed by atoms with van der Waals surface area (Å²) in [7, 11) is 0. The molecule has 0 atom stereocenters. The van der Waals surface area contributed by atoms with E-state index in [0.29, 0.717) is 12.1 Å². The minimum Gasteiger partial charge on any atom is -0.478 e. The van der Waals surface area contributed by atoms with Gasteiger partial charge in [0.1, 0.15) is 0 Å². The third-order valence-corrected chi connectivity index (χ3v) is 2.43. The summed E-state index contributed by atoms with van der Waals surface area (Å²) in [5.41, 5.74) is 0.692. The molecule has 19 heavy (non-hydrogen) atoms. The number of carbonyl (C=O) groups excluding carboxylic acids is 1. The molecule has 1 rings (SSSR count). The van der Waals surface area contributed by atoms with Crippen LogP contribution in [0.2, 0.25) is 0 Å². The van der Waals surface area contributed by atoms with Gasteiger partial charge in [0.2, 0.25) is 0 Å². The number of hydrogen-bond donors (Lipinski definition) is 1. The zero-order valence-corrected chi connectivity index (χ0v) is 11.4. The first-order valence-corrected chi connectivity index (χ1v) is 6.45. The average Bonchev–Trinajstić information content (AvgIpc) is 2.38. The summed E-state index contributed by atoms with van der Waals surface area (Å²) in [6.45, 7) is 5.11. The highest BCUT2D eigenvalue weighted by Gasteiger charge is 2.12. The molecule has 0 spiro atoms. The van der Waals surface area contributed by atoms with Crippen LogP contribution in [0.1, 0.15) is 25.8 Å². The first-order valence-electron chi connectivity index (χ1n) is 6.45. The van der Waals surface area contributed by atoms with E-state index in [1.807, 2.05) is 0 Å². The summed E-state index contributed by atoms with van der Waals surface area (Å²) in [4.78, 5) is 11.2. The molecular formula is C14H20FNO3. The minimum atomic E-state index is -0.502. The Labute approximate surface area is 112 Å². The number of rotatable bonds is 8. The Bertz CT molecular complexity index is 410. The lowest BCUT2D eigenvalue weighted by atomic mass is 10.2. The van der Waals surface area contributed by atoms with Crippen LogP contribution >= 0.6 is 0 Å². The molecule has 106 valence electrons. The summed E-state index contributed by atoms with van der Waals surface area (Å²) in [6.07, 6.45) is 0.994. The third-order valence-electron chi connectivity index (χ3n) is 2.43. The minimum absolute atomic E-state index is 0.110. The number of hydrogen-bond acceptors (Lipinski definition) is 4. The summed E-state index contributed by atoms with van der Waals surface area (Å²) in [5, 5.41) is 3.17. The Balaban J connectivity index is 2.66. The zero-order chi connectivity index (χ0) is 14.1. The largest absolute Gasteiger partial charge is 0.478 e. The van der Waals surface area contributed by atoms with Crippen LogP contribution in [0.4, 0.5) is 4.39 Å². The van der Waals surface area contributed by atoms with Crippen molar-refractivity contribution in [2.75, 3.05) is 19.8 Å². The Hall–Kier alpha value is -1.62. The lowest BCUT2D eigenvalue weighted by Crippen LogP contribution is -2.18. The van der Waals surface area contributed by atoms with Crippen molar-refractivity contribution in [3.05, 3.63) is 29.6 Å². The predicted octanol–water partition coefficient (Wildman–Crippen LogP) is 2.27. The Morgan fingerprint density at radius 2 is 2.16 bits per heavy atom. The van der Waals surface area contributed by atoms with E-state index in [1.54, 1.807) is 19.1 Å². The summed E-state index contributed by atoms with van der Waals surface area (Å²) in [5.74, 6) is -0.863. The molecule has 0 unspecified atom stereocenters. The van der Waals surface area contributed by atoms with Crippen LogP contribution in [0.15, 0.2) is 18.2 Å². The zero-order valence-electron chi connectivity index (χ0n) is 11.4. The third kappa shape index (κ3) is 5.26. The van der Waals surface area contributed by atoms with Gasteiger partial charge in [-0.2, -0.15) is 0 Å². The molecule has 1 aromatic rings. The van der Waals surface area contributed by atoms with Gasteiger partial charge in [0.25, 0.3) is 0 Å². The van der Waals surface area contributed by atoms with Gasteiger partial charge in [0, 0.05) is 12.1 Å². The molecule has 4 nitrogen and oxygen atoms in total. The van der Waals surface area contributed by atoms with Crippen molar-refractivity contribution in [1.82, 2.24) is 5.32 Å². The lowest BCUT2D eigenvalue weighted by molar-refractivity contribution is -0.145. The Morgan fingerprint density at radius 1 is 1.37 bits per heavy atom. The van der Waals surface area contributed by atoms with Gasteiger partial charge in [0.15, 0.2) is 18.2 Å². The molecule has 5 heteroatoms. The smallest absolute Gasteiger partial charge is 0.344 e. The second-order valence-electron chi connectivity index (χ2n) is 4.00. The maximum atomic E-state index is 13.7. The first kappa shape index (κ1) is 15.4. The molecule has 0 heterocycles. The van der Waals surface area contributed by atoms with E-state index in [-0.39, 0.29) is 19.0 Å². The van der Waals surface area contributed by atoms with Crippen LogP contribution in [0.5, 0.6) is 5.75 Å². The number of halogens is 1. The highest BCUT2D eigenvalue weighted by Crippen LogP contribution is 2.22. The quantitative estimate of drug-likeness (QED) is 0.581. The van der Waals surface area contributed by atoms with Crippen molar-refractivity contribution in [2.24, 2.45) is 0 Å². The van der Waals surface area contributed by atoms with Crippen molar-refractivity contribution in [1.29, 1.82) is 0 Å². The molecule has 0 fully saturated rings. The number of carbonyl (C=O) groups is 1. The normalized spacial score (nSPS) is 10.3. The van der Waals surface area contributed by atoms with Crippen molar-refractivity contribution < 1.29 is 18.7 Å². The molecule has 0 bridgehead atoms. The van der Waals surface area contributed by atoms with Gasteiger partial charge in [0.05, 0.1) is 6.61 Å². The lowest BCUT2D eigenvalue weighted by Gasteiger charge is -2.12. The fourth-order valence-electron chi connectivity index (χ4n) is 1.59. The molecule has 1 N–H and O–H groups in total. The highest BCUT2D eigenvalue weighted by atomic mass is 19.1. The summed E-state index contributed by atoms with van der Waals surface area (Å²) < 4.78 is 23.7. The molecule has 0 aromatic heterocycles. The van der Waals surface area contributed by atoms with Gasteiger partial charge < -0.3 is 14.8 Å². The van der Waals surface area contributed by atoms with E-state index in [0.717, 1.165) is 13.0 Å². The second-order valence-corrected chi connectivity index (χ2v) is 4.00. The topological polar surface area (TPSA) is 47.6 Å². The molecule has 0 aliphatic heterocycles. The van der Waals surface area contributed by atoms with Gasteiger partial charge in [-0.25, -0.2) is 9.18 Å². The molecule has 1 aromatic carbocycles. The molecule has 0 saturated carbocycles. The maximum Gasteiger partial charge on any atom is 0.344 e. The molecular weight excluding hydrogens is 249 g/mol. The predicted molar refractivity (Wildman–Crippen MR) is 70.5 cm³/mol. The van der Waals surface area contributed by atoms with Crippen molar-refractivity contribution in [3.63, 3.8) is 0 Å². The fraction of sp³-hybridized carbons (Fsp3) is 0.500. The van der Waals surface area contributed by atoms with E-state index in [4.69, 9.17) is 9.47 Å². The fourth-order valence-corrected chi connectivity index (χ4v) is 1.59. The number of esters is 1. The highest BCUT2D eigenvalue weighted by molar-refractivity contribution is 5.71. The van der Waals surface area contributed by atoms with Crippen LogP contribution in [0, 0.1) is 5.82 Å². The number of benzene rings is 1. The van der Waals surface area contributed by atoms with Crippen LogP contribution < -0.4 is 10.1 Å². The molecule has 0 radical (unpaired) electrons. The molecule has 0 aliphatic rings. The number of nitrogens with one attached hydrogen (secondary N) is 1. The van der Waals surface area contributed by atoms with Gasteiger partial charge in [-0.1, -0.05) is 19.1 Å². The molecule has 0 aliphatic carbocycles.